The first-order valence-corrected chi connectivity index (χ1v) is 9.18. The maximum Gasteiger partial charge on any atom is 0.264 e. The molecule has 25 heavy (non-hydrogen) atoms. The van der Waals surface area contributed by atoms with Crippen LogP contribution in [0.5, 0.6) is 0 Å². The van der Waals surface area contributed by atoms with E-state index in [0.717, 1.165) is 18.6 Å². The van der Waals surface area contributed by atoms with Crippen molar-refractivity contribution in [2.24, 2.45) is 5.10 Å². The van der Waals surface area contributed by atoms with Crippen LogP contribution in [0, 0.1) is 0 Å². The Morgan fingerprint density at radius 1 is 1.36 bits per heavy atom. The van der Waals surface area contributed by atoms with E-state index in [-0.39, 0.29) is 11.7 Å². The van der Waals surface area contributed by atoms with E-state index in [1.165, 1.54) is 29.3 Å². The number of aromatic nitrogens is 3. The summed E-state index contributed by atoms with van der Waals surface area (Å²) in [6.07, 6.45) is 4.32. The molecule has 1 amide bonds. The SMILES string of the molecule is Nn1c(NN=C2CCCC2)nnc1SCC(=O)Nc1cccc(Cl)c1. The van der Waals surface area contributed by atoms with Gasteiger partial charge in [0.25, 0.3) is 5.95 Å². The minimum Gasteiger partial charge on any atom is -0.334 e. The summed E-state index contributed by atoms with van der Waals surface area (Å²) in [5.41, 5.74) is 4.58. The van der Waals surface area contributed by atoms with Gasteiger partial charge in [-0.15, -0.1) is 10.2 Å². The Morgan fingerprint density at radius 2 is 2.16 bits per heavy atom. The van der Waals surface area contributed by atoms with E-state index in [1.807, 2.05) is 0 Å². The maximum absolute atomic E-state index is 12.0. The van der Waals surface area contributed by atoms with Crippen LogP contribution in [0.3, 0.4) is 0 Å². The lowest BCUT2D eigenvalue weighted by Gasteiger charge is -2.05. The molecule has 4 N–H and O–H groups in total. The lowest BCUT2D eigenvalue weighted by Crippen LogP contribution is -2.17. The van der Waals surface area contributed by atoms with Gasteiger partial charge in [0.05, 0.1) is 5.75 Å². The Labute approximate surface area is 154 Å². The normalized spacial score (nSPS) is 13.7. The molecule has 0 radical (unpaired) electrons. The van der Waals surface area contributed by atoms with Gasteiger partial charge in [-0.3, -0.25) is 4.79 Å². The lowest BCUT2D eigenvalue weighted by atomic mass is 10.3. The molecule has 1 aliphatic carbocycles. The van der Waals surface area contributed by atoms with Crippen LogP contribution in [0.25, 0.3) is 0 Å². The van der Waals surface area contributed by atoms with Crippen molar-refractivity contribution in [1.82, 2.24) is 14.9 Å². The monoisotopic (exact) mass is 379 g/mol. The van der Waals surface area contributed by atoms with Crippen LogP contribution >= 0.6 is 23.4 Å². The average molecular weight is 380 g/mol. The largest absolute Gasteiger partial charge is 0.334 e. The Hall–Kier alpha value is -2.26. The molecule has 8 nitrogen and oxygen atoms in total. The fourth-order valence-corrected chi connectivity index (χ4v) is 3.22. The number of thioether (sulfide) groups is 1. The zero-order valence-corrected chi connectivity index (χ0v) is 15.0. The molecule has 0 bridgehead atoms. The highest BCUT2D eigenvalue weighted by Crippen LogP contribution is 2.19. The third-order valence-electron chi connectivity index (χ3n) is 3.60. The summed E-state index contributed by atoms with van der Waals surface area (Å²) in [4.78, 5) is 12.0. The van der Waals surface area contributed by atoms with E-state index in [0.29, 0.717) is 21.8 Å². The zero-order valence-electron chi connectivity index (χ0n) is 13.4. The number of nitrogens with zero attached hydrogens (tertiary/aromatic N) is 4. The van der Waals surface area contributed by atoms with Crippen molar-refractivity contribution < 1.29 is 4.79 Å². The molecule has 1 saturated carbocycles. The molecule has 1 heterocycles. The third-order valence-corrected chi connectivity index (χ3v) is 4.78. The van der Waals surface area contributed by atoms with Crippen molar-refractivity contribution in [1.29, 1.82) is 0 Å². The van der Waals surface area contributed by atoms with Crippen LogP contribution in [0.4, 0.5) is 11.6 Å². The molecule has 10 heteroatoms. The van der Waals surface area contributed by atoms with Crippen molar-refractivity contribution in [3.8, 4) is 0 Å². The summed E-state index contributed by atoms with van der Waals surface area (Å²) in [6, 6.07) is 6.96. The number of hydrogen-bond acceptors (Lipinski definition) is 7. The Kier molecular flexibility index (Phi) is 5.77. The second-order valence-corrected chi connectivity index (χ2v) is 6.90. The summed E-state index contributed by atoms with van der Waals surface area (Å²) in [5.74, 6) is 6.25. The quantitative estimate of drug-likeness (QED) is 0.404. The predicted octanol–water partition coefficient (Wildman–Crippen LogP) is 2.72. The van der Waals surface area contributed by atoms with Crippen LogP contribution in [0.15, 0.2) is 34.5 Å². The third kappa shape index (κ3) is 4.86. The minimum absolute atomic E-state index is 0.149. The summed E-state index contributed by atoms with van der Waals surface area (Å²) in [6.45, 7) is 0. The van der Waals surface area contributed by atoms with Gasteiger partial charge in [-0.25, -0.2) is 10.1 Å². The summed E-state index contributed by atoms with van der Waals surface area (Å²) in [7, 11) is 0. The molecular formula is C15H18ClN7OS. The first kappa shape index (κ1) is 17.6. The molecular weight excluding hydrogens is 362 g/mol. The van der Waals surface area contributed by atoms with Crippen LogP contribution < -0.4 is 16.6 Å². The number of nitrogens with two attached hydrogens (primary N) is 1. The molecule has 0 atom stereocenters. The van der Waals surface area contributed by atoms with Gasteiger partial charge < -0.3 is 11.2 Å². The highest BCUT2D eigenvalue weighted by atomic mass is 35.5. The minimum atomic E-state index is -0.184. The van der Waals surface area contributed by atoms with Gasteiger partial charge in [-0.1, -0.05) is 29.4 Å². The molecule has 1 fully saturated rings. The molecule has 1 aromatic heterocycles. The van der Waals surface area contributed by atoms with Crippen molar-refractivity contribution in [2.75, 3.05) is 22.3 Å². The molecule has 1 aromatic carbocycles. The molecule has 1 aliphatic rings. The van der Waals surface area contributed by atoms with Crippen molar-refractivity contribution in [3.63, 3.8) is 0 Å². The predicted molar refractivity (Wildman–Crippen MR) is 101 cm³/mol. The molecule has 3 rings (SSSR count). The maximum atomic E-state index is 12.0. The van der Waals surface area contributed by atoms with E-state index in [2.05, 4.69) is 26.0 Å². The fourth-order valence-electron chi connectivity index (χ4n) is 2.37. The Bertz CT molecular complexity index is 784. The molecule has 0 spiro atoms. The van der Waals surface area contributed by atoms with Gasteiger partial charge in [-0.2, -0.15) is 5.10 Å². The van der Waals surface area contributed by atoms with Gasteiger partial charge in [0.15, 0.2) is 0 Å². The van der Waals surface area contributed by atoms with Gasteiger partial charge in [0.2, 0.25) is 11.1 Å². The molecule has 0 unspecified atom stereocenters. The average Bonchev–Trinajstić information content (AvgIpc) is 3.21. The molecule has 2 aromatic rings. The van der Waals surface area contributed by atoms with E-state index in [9.17, 15) is 4.79 Å². The highest BCUT2D eigenvalue weighted by Gasteiger charge is 2.13. The first-order valence-electron chi connectivity index (χ1n) is 7.82. The van der Waals surface area contributed by atoms with Crippen LogP contribution in [0.2, 0.25) is 5.02 Å². The number of nitrogen functional groups attached to an aromatic ring is 1. The zero-order chi connectivity index (χ0) is 17.6. The van der Waals surface area contributed by atoms with Crippen LogP contribution in [-0.2, 0) is 4.79 Å². The van der Waals surface area contributed by atoms with E-state index in [1.54, 1.807) is 24.3 Å². The molecule has 0 saturated heterocycles. The Morgan fingerprint density at radius 3 is 2.92 bits per heavy atom. The second-order valence-electron chi connectivity index (χ2n) is 5.52. The number of halogens is 1. The van der Waals surface area contributed by atoms with Crippen molar-refractivity contribution in [3.05, 3.63) is 29.3 Å². The first-order chi connectivity index (χ1) is 12.1. The van der Waals surface area contributed by atoms with Gasteiger partial charge in [-0.05, 0) is 43.9 Å². The van der Waals surface area contributed by atoms with E-state index >= 15 is 0 Å². The highest BCUT2D eigenvalue weighted by molar-refractivity contribution is 7.99. The smallest absolute Gasteiger partial charge is 0.264 e. The number of carbonyl (C=O) groups is 1. The molecule has 132 valence electrons. The van der Waals surface area contributed by atoms with Gasteiger partial charge >= 0.3 is 0 Å². The topological polar surface area (TPSA) is 110 Å². The standard InChI is InChI=1S/C15H18ClN7OS/c16-10-4-3-7-12(8-10)18-13(24)9-25-15-22-21-14(23(15)17)20-19-11-5-1-2-6-11/h3-4,7-8H,1-2,5-6,9,17H2,(H,18,24)(H,20,21). The number of amides is 1. The van der Waals surface area contributed by atoms with E-state index in [4.69, 9.17) is 17.4 Å². The van der Waals surface area contributed by atoms with Crippen molar-refractivity contribution in [2.45, 2.75) is 30.8 Å². The van der Waals surface area contributed by atoms with Gasteiger partial charge in [0.1, 0.15) is 0 Å². The number of anilines is 2. The fraction of sp³-hybridized carbons (Fsp3) is 0.333. The number of carbonyl (C=O) groups excluding carboxylic acids is 1. The summed E-state index contributed by atoms with van der Waals surface area (Å²) < 4.78 is 1.29. The van der Waals surface area contributed by atoms with Crippen LogP contribution in [-0.4, -0.2) is 32.2 Å². The number of hydrazone groups is 1. The second kappa shape index (κ2) is 8.21. The molecule has 0 aliphatic heterocycles. The number of hydrogen-bond donors (Lipinski definition) is 3. The summed E-state index contributed by atoms with van der Waals surface area (Å²) in [5, 5.41) is 16.0. The van der Waals surface area contributed by atoms with E-state index < -0.39 is 0 Å². The summed E-state index contributed by atoms with van der Waals surface area (Å²) >= 11 is 7.08. The number of nitrogens with one attached hydrogen (secondary N) is 2. The van der Waals surface area contributed by atoms with Crippen LogP contribution in [0.1, 0.15) is 25.7 Å². The number of rotatable bonds is 6. The number of benzene rings is 1. The van der Waals surface area contributed by atoms with Gasteiger partial charge in [0, 0.05) is 16.4 Å². The van der Waals surface area contributed by atoms with Crippen molar-refractivity contribution >= 4 is 46.6 Å². The Balaban J connectivity index is 1.52. The lowest BCUT2D eigenvalue weighted by molar-refractivity contribution is -0.113.